The summed E-state index contributed by atoms with van der Waals surface area (Å²) >= 11 is 0. The summed E-state index contributed by atoms with van der Waals surface area (Å²) in [6.45, 7) is 3.95. The lowest BCUT2D eigenvalue weighted by atomic mass is 9.91. The number of piperazine rings is 1. The molecule has 1 aliphatic carbocycles. The van der Waals surface area contributed by atoms with Crippen LogP contribution < -0.4 is 25.8 Å². The van der Waals surface area contributed by atoms with E-state index >= 15 is 0 Å². The quantitative estimate of drug-likeness (QED) is 0.453. The minimum absolute atomic E-state index is 0.0343. The van der Waals surface area contributed by atoms with Crippen molar-refractivity contribution in [3.63, 3.8) is 0 Å². The molecular formula is C24H34N6O4S. The van der Waals surface area contributed by atoms with Gasteiger partial charge >= 0.3 is 0 Å². The first-order valence-electron chi connectivity index (χ1n) is 12.0. The Morgan fingerprint density at radius 3 is 2.23 bits per heavy atom. The molecule has 1 saturated carbocycles. The summed E-state index contributed by atoms with van der Waals surface area (Å²) in [6.07, 6.45) is 5.52. The van der Waals surface area contributed by atoms with Gasteiger partial charge in [0.05, 0.1) is 11.9 Å². The van der Waals surface area contributed by atoms with Gasteiger partial charge < -0.3 is 25.4 Å². The maximum absolute atomic E-state index is 13.1. The summed E-state index contributed by atoms with van der Waals surface area (Å²) in [5.74, 6) is -0.478. The lowest BCUT2D eigenvalue weighted by Gasteiger charge is -2.34. The molecule has 10 nitrogen and oxygen atoms in total. The maximum atomic E-state index is 13.1. The largest absolute Gasteiger partial charge is 0.381 e. The van der Waals surface area contributed by atoms with Gasteiger partial charge in [0.1, 0.15) is 5.56 Å². The van der Waals surface area contributed by atoms with Crippen molar-refractivity contribution in [3.8, 4) is 0 Å². The first-order chi connectivity index (χ1) is 16.7. The first kappa shape index (κ1) is 25.2. The molecule has 2 aliphatic rings. The molecule has 1 saturated heterocycles. The standard InChI is InChI=1S/C24H34N6O4S/c1-29-13-15-30(16-14-29)20-9-7-18(8-10-20)27-24(32)22-21(11-12-25-23(22)31)26-17-3-5-19(6-4-17)28-35(2,33)34/h7-12,17,19,28H,3-6,13-16H2,1-2H3,(H,27,32)(H2,25,26,31). The third-order valence-electron chi connectivity index (χ3n) is 6.65. The third kappa shape index (κ3) is 6.83. The highest BCUT2D eigenvalue weighted by Gasteiger charge is 2.25. The van der Waals surface area contributed by atoms with Crippen LogP contribution in [0.3, 0.4) is 0 Å². The molecule has 4 rings (SSSR count). The topological polar surface area (TPSA) is 127 Å². The van der Waals surface area contributed by atoms with Crippen LogP contribution in [0.5, 0.6) is 0 Å². The number of aromatic nitrogens is 1. The smallest absolute Gasteiger partial charge is 0.263 e. The highest BCUT2D eigenvalue weighted by molar-refractivity contribution is 7.88. The zero-order valence-corrected chi connectivity index (χ0v) is 21.0. The number of nitrogens with one attached hydrogen (secondary N) is 4. The van der Waals surface area contributed by atoms with Gasteiger partial charge in [0, 0.05) is 55.8 Å². The summed E-state index contributed by atoms with van der Waals surface area (Å²) in [4.78, 5) is 32.8. The van der Waals surface area contributed by atoms with Crippen molar-refractivity contribution in [2.24, 2.45) is 0 Å². The van der Waals surface area contributed by atoms with E-state index in [1.54, 1.807) is 6.07 Å². The molecule has 1 amide bonds. The number of carbonyl (C=O) groups excluding carboxylic acids is 1. The van der Waals surface area contributed by atoms with Gasteiger partial charge in [-0.2, -0.15) is 0 Å². The molecule has 1 aromatic carbocycles. The Hall–Kier alpha value is -2.89. The highest BCUT2D eigenvalue weighted by Crippen LogP contribution is 2.24. The zero-order chi connectivity index (χ0) is 25.0. The summed E-state index contributed by atoms with van der Waals surface area (Å²) in [5, 5.41) is 6.17. The Bertz CT molecular complexity index is 1180. The number of nitrogens with zero attached hydrogens (tertiary/aromatic N) is 2. The fourth-order valence-corrected chi connectivity index (χ4v) is 5.56. The fourth-order valence-electron chi connectivity index (χ4n) is 4.72. The molecule has 35 heavy (non-hydrogen) atoms. The van der Waals surface area contributed by atoms with Gasteiger partial charge in [-0.05, 0) is 63.1 Å². The average molecular weight is 503 g/mol. The molecule has 0 unspecified atom stereocenters. The number of pyridine rings is 1. The minimum Gasteiger partial charge on any atom is -0.381 e. The van der Waals surface area contributed by atoms with Crippen LogP contribution >= 0.6 is 0 Å². The fraction of sp³-hybridized carbons (Fsp3) is 0.500. The molecule has 2 aromatic rings. The maximum Gasteiger partial charge on any atom is 0.263 e. The van der Waals surface area contributed by atoms with E-state index in [4.69, 9.17) is 0 Å². The van der Waals surface area contributed by atoms with E-state index in [-0.39, 0.29) is 17.6 Å². The van der Waals surface area contributed by atoms with Crippen molar-refractivity contribution >= 4 is 33.0 Å². The monoisotopic (exact) mass is 502 g/mol. The van der Waals surface area contributed by atoms with Crippen molar-refractivity contribution in [2.45, 2.75) is 37.8 Å². The zero-order valence-electron chi connectivity index (χ0n) is 20.2. The van der Waals surface area contributed by atoms with Crippen LogP contribution in [0.4, 0.5) is 17.1 Å². The number of anilines is 3. The molecule has 11 heteroatoms. The van der Waals surface area contributed by atoms with Crippen molar-refractivity contribution < 1.29 is 13.2 Å². The van der Waals surface area contributed by atoms with E-state index < -0.39 is 21.5 Å². The van der Waals surface area contributed by atoms with E-state index in [1.165, 1.54) is 12.5 Å². The number of H-pyrrole nitrogens is 1. The molecule has 2 fully saturated rings. The van der Waals surface area contributed by atoms with Gasteiger partial charge in [0.15, 0.2) is 0 Å². The van der Waals surface area contributed by atoms with Gasteiger partial charge in [0.2, 0.25) is 10.0 Å². The summed E-state index contributed by atoms with van der Waals surface area (Å²) < 4.78 is 25.6. The predicted octanol–water partition coefficient (Wildman–Crippen LogP) is 1.65. The number of likely N-dealkylation sites (N-methyl/N-ethyl adjacent to an activating group) is 1. The van der Waals surface area contributed by atoms with Gasteiger partial charge in [0.25, 0.3) is 11.5 Å². The van der Waals surface area contributed by atoms with Crippen LogP contribution in [0.15, 0.2) is 41.3 Å². The van der Waals surface area contributed by atoms with Crippen molar-refractivity contribution in [1.29, 1.82) is 0 Å². The highest BCUT2D eigenvalue weighted by atomic mass is 32.2. The van der Waals surface area contributed by atoms with E-state index in [2.05, 4.69) is 37.2 Å². The summed E-state index contributed by atoms with van der Waals surface area (Å²) in [7, 11) is -1.12. The lowest BCUT2D eigenvalue weighted by molar-refractivity contribution is 0.102. The molecule has 1 aliphatic heterocycles. The Morgan fingerprint density at radius 2 is 1.60 bits per heavy atom. The second-order valence-corrected chi connectivity index (χ2v) is 11.2. The van der Waals surface area contributed by atoms with Crippen LogP contribution in [0, 0.1) is 0 Å². The predicted molar refractivity (Wildman–Crippen MR) is 139 cm³/mol. The van der Waals surface area contributed by atoms with Crippen molar-refractivity contribution in [2.75, 3.05) is 55.0 Å². The van der Waals surface area contributed by atoms with E-state index in [0.29, 0.717) is 24.2 Å². The van der Waals surface area contributed by atoms with Crippen LogP contribution in [0.1, 0.15) is 36.0 Å². The number of amides is 1. The minimum atomic E-state index is -3.24. The molecule has 190 valence electrons. The van der Waals surface area contributed by atoms with Crippen LogP contribution in [0.2, 0.25) is 0 Å². The molecule has 2 heterocycles. The summed E-state index contributed by atoms with van der Waals surface area (Å²) in [6, 6.07) is 9.32. The Morgan fingerprint density at radius 1 is 0.971 bits per heavy atom. The van der Waals surface area contributed by atoms with Crippen molar-refractivity contribution in [3.05, 3.63) is 52.4 Å². The van der Waals surface area contributed by atoms with E-state index in [9.17, 15) is 18.0 Å². The molecule has 1 aromatic heterocycles. The molecular weight excluding hydrogens is 468 g/mol. The molecule has 4 N–H and O–H groups in total. The van der Waals surface area contributed by atoms with E-state index in [0.717, 1.165) is 44.7 Å². The van der Waals surface area contributed by atoms with Gasteiger partial charge in [-0.25, -0.2) is 13.1 Å². The number of sulfonamides is 1. The number of hydrogen-bond donors (Lipinski definition) is 4. The number of hydrogen-bond acceptors (Lipinski definition) is 7. The first-order valence-corrected chi connectivity index (χ1v) is 13.9. The number of benzene rings is 1. The van der Waals surface area contributed by atoms with Gasteiger partial charge in [-0.15, -0.1) is 0 Å². The average Bonchev–Trinajstić information content (AvgIpc) is 2.80. The molecule has 0 atom stereocenters. The molecule has 0 radical (unpaired) electrons. The van der Waals surface area contributed by atoms with Gasteiger partial charge in [-0.1, -0.05) is 0 Å². The van der Waals surface area contributed by atoms with Crippen LogP contribution in [0.25, 0.3) is 0 Å². The number of carbonyl (C=O) groups is 1. The molecule has 0 spiro atoms. The van der Waals surface area contributed by atoms with E-state index in [1.807, 2.05) is 24.3 Å². The number of aromatic amines is 1. The SMILES string of the molecule is CN1CCN(c2ccc(NC(=O)c3c(NC4CCC(NS(C)(=O)=O)CC4)cc[nH]c3=O)cc2)CC1. The second kappa shape index (κ2) is 10.8. The van der Waals surface area contributed by atoms with Gasteiger partial charge in [-0.3, -0.25) is 9.59 Å². The Kier molecular flexibility index (Phi) is 7.78. The van der Waals surface area contributed by atoms with Crippen LogP contribution in [-0.4, -0.2) is 75.8 Å². The van der Waals surface area contributed by atoms with Crippen molar-refractivity contribution in [1.82, 2.24) is 14.6 Å². The third-order valence-corrected chi connectivity index (χ3v) is 7.41. The summed E-state index contributed by atoms with van der Waals surface area (Å²) in [5.41, 5.74) is 1.77. The second-order valence-electron chi connectivity index (χ2n) is 9.47. The Balaban J connectivity index is 1.39. The lowest BCUT2D eigenvalue weighted by Crippen LogP contribution is -2.44. The Labute approximate surface area is 206 Å². The molecule has 0 bridgehead atoms. The number of rotatable bonds is 7. The normalized spacial score (nSPS) is 21.5. The van der Waals surface area contributed by atoms with Crippen LogP contribution in [-0.2, 0) is 10.0 Å².